The third kappa shape index (κ3) is 2.10. The normalized spacial score (nSPS) is 10.2. The number of carboxylic acid groups (broad SMARTS) is 1. The molecule has 1 heterocycles. The zero-order valence-corrected chi connectivity index (χ0v) is 9.59. The molecular weight excluding hydrogens is 232 g/mol. The summed E-state index contributed by atoms with van der Waals surface area (Å²) < 4.78 is 0. The molecular formula is C13H12N2O3. The third-order valence-corrected chi connectivity index (χ3v) is 2.59. The number of H-pyrrole nitrogens is 1. The number of hydrogen-bond donors (Lipinski definition) is 2. The maximum Gasteiger partial charge on any atom is 0.323 e. The van der Waals surface area contributed by atoms with Gasteiger partial charge in [-0.25, -0.2) is 0 Å². The van der Waals surface area contributed by atoms with Crippen LogP contribution in [0.3, 0.4) is 0 Å². The molecule has 0 aliphatic carbocycles. The fourth-order valence-electron chi connectivity index (χ4n) is 1.81. The molecule has 0 saturated heterocycles. The van der Waals surface area contributed by atoms with Gasteiger partial charge in [0.15, 0.2) is 0 Å². The number of carbonyl (C=O) groups is 2. The van der Waals surface area contributed by atoms with E-state index in [0.29, 0.717) is 5.69 Å². The second-order valence-corrected chi connectivity index (χ2v) is 3.74. The van der Waals surface area contributed by atoms with Crippen LogP contribution in [0.25, 0.3) is 10.9 Å². The average Bonchev–Trinajstić information content (AvgIpc) is 2.78. The Labute approximate surface area is 103 Å². The van der Waals surface area contributed by atoms with Gasteiger partial charge in [-0.2, -0.15) is 0 Å². The molecule has 2 rings (SSSR count). The maximum atomic E-state index is 11.7. The van der Waals surface area contributed by atoms with Gasteiger partial charge < -0.3 is 10.1 Å². The molecule has 0 atom stereocenters. The molecule has 2 aromatic rings. The zero-order valence-electron chi connectivity index (χ0n) is 9.59. The van der Waals surface area contributed by atoms with Gasteiger partial charge in [-0.1, -0.05) is 24.8 Å². The number of hydrogen-bond acceptors (Lipinski definition) is 2. The van der Waals surface area contributed by atoms with Crippen molar-refractivity contribution in [3.05, 3.63) is 43.1 Å². The highest BCUT2D eigenvalue weighted by Gasteiger charge is 2.19. The second-order valence-electron chi connectivity index (χ2n) is 3.74. The minimum atomic E-state index is -1.07. The Kier molecular flexibility index (Phi) is 3.14. The van der Waals surface area contributed by atoms with Gasteiger partial charge in [0.2, 0.25) is 0 Å². The van der Waals surface area contributed by atoms with Crippen molar-refractivity contribution in [2.75, 3.05) is 11.4 Å². The Morgan fingerprint density at radius 2 is 2.11 bits per heavy atom. The number of carboxylic acids is 1. The third-order valence-electron chi connectivity index (χ3n) is 2.59. The highest BCUT2D eigenvalue weighted by molar-refractivity contribution is 6.09. The van der Waals surface area contributed by atoms with Gasteiger partial charge in [0, 0.05) is 17.1 Å². The Balaban J connectivity index is 2.50. The average molecular weight is 244 g/mol. The molecule has 92 valence electrons. The summed E-state index contributed by atoms with van der Waals surface area (Å²) in [5, 5.41) is 9.66. The maximum absolute atomic E-state index is 11.7. The van der Waals surface area contributed by atoms with Crippen LogP contribution in [-0.4, -0.2) is 28.5 Å². The SMILES string of the molecule is C=CC(=O)N(CC(=O)O)c1c[nH]c2ccccc12. The summed E-state index contributed by atoms with van der Waals surface area (Å²) in [6.45, 7) is 2.99. The Morgan fingerprint density at radius 1 is 1.39 bits per heavy atom. The molecule has 2 N–H and O–H groups in total. The van der Waals surface area contributed by atoms with E-state index >= 15 is 0 Å². The number of aliphatic carboxylic acids is 1. The Hall–Kier alpha value is -2.56. The topological polar surface area (TPSA) is 73.4 Å². The first-order valence-corrected chi connectivity index (χ1v) is 5.35. The van der Waals surface area contributed by atoms with Crippen LogP contribution in [0.5, 0.6) is 0 Å². The lowest BCUT2D eigenvalue weighted by Crippen LogP contribution is -2.34. The van der Waals surface area contributed by atoms with E-state index < -0.39 is 18.4 Å². The van der Waals surface area contributed by atoms with Crippen molar-refractivity contribution in [2.45, 2.75) is 0 Å². The number of aromatic nitrogens is 1. The molecule has 18 heavy (non-hydrogen) atoms. The van der Waals surface area contributed by atoms with Gasteiger partial charge in [-0.3, -0.25) is 14.5 Å². The van der Waals surface area contributed by atoms with Gasteiger partial charge in [0.1, 0.15) is 6.54 Å². The number of benzene rings is 1. The van der Waals surface area contributed by atoms with Crippen LogP contribution < -0.4 is 4.90 Å². The van der Waals surface area contributed by atoms with Crippen molar-refractivity contribution in [1.82, 2.24) is 4.98 Å². The van der Waals surface area contributed by atoms with Gasteiger partial charge in [0.05, 0.1) is 5.69 Å². The number of rotatable bonds is 4. The number of carbonyl (C=O) groups excluding carboxylic acids is 1. The lowest BCUT2D eigenvalue weighted by molar-refractivity contribution is -0.136. The first-order valence-electron chi connectivity index (χ1n) is 5.35. The first-order chi connectivity index (χ1) is 8.63. The molecule has 1 aromatic carbocycles. The van der Waals surface area contributed by atoms with E-state index in [4.69, 9.17) is 5.11 Å². The molecule has 0 aliphatic rings. The van der Waals surface area contributed by atoms with Crippen LogP contribution >= 0.6 is 0 Å². The van der Waals surface area contributed by atoms with Crippen LogP contribution in [0.1, 0.15) is 0 Å². The predicted molar refractivity (Wildman–Crippen MR) is 68.5 cm³/mol. The number of fused-ring (bicyclic) bond motifs is 1. The number of amides is 1. The van der Waals surface area contributed by atoms with Gasteiger partial charge in [-0.05, 0) is 12.1 Å². The molecule has 5 nitrogen and oxygen atoms in total. The molecule has 0 spiro atoms. The molecule has 0 aliphatic heterocycles. The van der Waals surface area contributed by atoms with E-state index in [1.165, 1.54) is 4.90 Å². The summed E-state index contributed by atoms with van der Waals surface area (Å²) in [6, 6.07) is 7.37. The molecule has 1 aromatic heterocycles. The smallest absolute Gasteiger partial charge is 0.323 e. The molecule has 0 saturated carbocycles. The summed E-state index contributed by atoms with van der Waals surface area (Å²) in [6.07, 6.45) is 2.72. The highest BCUT2D eigenvalue weighted by atomic mass is 16.4. The number of anilines is 1. The minimum Gasteiger partial charge on any atom is -0.480 e. The monoisotopic (exact) mass is 244 g/mol. The Bertz CT molecular complexity index is 615. The first kappa shape index (κ1) is 11.9. The van der Waals surface area contributed by atoms with Crippen LogP contribution in [0.15, 0.2) is 43.1 Å². The molecule has 0 fully saturated rings. The minimum absolute atomic E-state index is 0.396. The highest BCUT2D eigenvalue weighted by Crippen LogP contribution is 2.26. The van der Waals surface area contributed by atoms with Crippen LogP contribution in [0.2, 0.25) is 0 Å². The van der Waals surface area contributed by atoms with Gasteiger partial charge in [0.25, 0.3) is 5.91 Å². The molecule has 1 amide bonds. The standard InChI is InChI=1S/C13H12N2O3/c1-2-12(16)15(8-13(17)18)11-7-14-10-6-4-3-5-9(10)11/h2-7,14H,1,8H2,(H,17,18). The van der Waals surface area contributed by atoms with E-state index in [0.717, 1.165) is 17.0 Å². The lowest BCUT2D eigenvalue weighted by Gasteiger charge is -2.17. The molecule has 5 heteroatoms. The lowest BCUT2D eigenvalue weighted by atomic mass is 10.2. The number of para-hydroxylation sites is 1. The number of nitrogens with one attached hydrogen (secondary N) is 1. The van der Waals surface area contributed by atoms with Crippen molar-refractivity contribution in [1.29, 1.82) is 0 Å². The summed E-state index contributed by atoms with van der Waals surface area (Å²) >= 11 is 0. The van der Waals surface area contributed by atoms with E-state index in [1.54, 1.807) is 6.20 Å². The quantitative estimate of drug-likeness (QED) is 0.805. The number of aromatic amines is 1. The van der Waals surface area contributed by atoms with Crippen molar-refractivity contribution >= 4 is 28.5 Å². The fraction of sp³-hybridized carbons (Fsp3) is 0.0769. The van der Waals surface area contributed by atoms with E-state index in [2.05, 4.69) is 11.6 Å². The van der Waals surface area contributed by atoms with Crippen molar-refractivity contribution in [2.24, 2.45) is 0 Å². The summed E-state index contributed by atoms with van der Waals surface area (Å²) in [5.41, 5.74) is 1.39. The summed E-state index contributed by atoms with van der Waals surface area (Å²) in [7, 11) is 0. The van der Waals surface area contributed by atoms with Gasteiger partial charge >= 0.3 is 5.97 Å². The van der Waals surface area contributed by atoms with Crippen LogP contribution in [0.4, 0.5) is 5.69 Å². The van der Waals surface area contributed by atoms with Crippen molar-refractivity contribution in [3.8, 4) is 0 Å². The largest absolute Gasteiger partial charge is 0.480 e. The van der Waals surface area contributed by atoms with Crippen LogP contribution in [0, 0.1) is 0 Å². The van der Waals surface area contributed by atoms with E-state index in [9.17, 15) is 9.59 Å². The number of nitrogens with zero attached hydrogens (tertiary/aromatic N) is 1. The fourth-order valence-corrected chi connectivity index (χ4v) is 1.81. The van der Waals surface area contributed by atoms with Gasteiger partial charge in [-0.15, -0.1) is 0 Å². The molecule has 0 bridgehead atoms. The van der Waals surface area contributed by atoms with Crippen LogP contribution in [-0.2, 0) is 9.59 Å². The van der Waals surface area contributed by atoms with E-state index in [1.807, 2.05) is 24.3 Å². The summed E-state index contributed by atoms with van der Waals surface area (Å²) in [5.74, 6) is -1.52. The van der Waals surface area contributed by atoms with E-state index in [-0.39, 0.29) is 0 Å². The molecule has 0 radical (unpaired) electrons. The molecule has 0 unspecified atom stereocenters. The van der Waals surface area contributed by atoms with Crippen molar-refractivity contribution in [3.63, 3.8) is 0 Å². The second kappa shape index (κ2) is 4.75. The predicted octanol–water partition coefficient (Wildman–Crippen LogP) is 1.77. The zero-order chi connectivity index (χ0) is 13.1. The summed E-state index contributed by atoms with van der Waals surface area (Å²) in [4.78, 5) is 26.7. The Morgan fingerprint density at radius 3 is 2.78 bits per heavy atom. The van der Waals surface area contributed by atoms with Crippen molar-refractivity contribution < 1.29 is 14.7 Å².